The van der Waals surface area contributed by atoms with Crippen LogP contribution in [0.2, 0.25) is 0 Å². The molecule has 0 aromatic carbocycles. The van der Waals surface area contributed by atoms with Gasteiger partial charge in [-0.3, -0.25) is 0 Å². The summed E-state index contributed by atoms with van der Waals surface area (Å²) in [6.07, 6.45) is 2.89. The minimum absolute atomic E-state index is 0. The summed E-state index contributed by atoms with van der Waals surface area (Å²) >= 11 is 0. The van der Waals surface area contributed by atoms with Crippen molar-refractivity contribution in [3.8, 4) is 0 Å². The van der Waals surface area contributed by atoms with Gasteiger partial charge in [-0.1, -0.05) is 27.7 Å². The molecule has 0 radical (unpaired) electrons. The van der Waals surface area contributed by atoms with E-state index in [1.165, 1.54) is 25.9 Å². The molecule has 12 heavy (non-hydrogen) atoms. The zero-order valence-corrected chi connectivity index (χ0v) is 8.98. The van der Waals surface area contributed by atoms with Gasteiger partial charge in [0.25, 0.3) is 0 Å². The highest BCUT2D eigenvalue weighted by atomic mass is 14.9. The smallest absolute Gasteiger partial charge is 0.00134 e. The molecule has 1 aliphatic heterocycles. The normalized spacial score (nSPS) is 45.0. The summed E-state index contributed by atoms with van der Waals surface area (Å²) in [5, 5.41) is 3.48. The monoisotopic (exact) mass is 171 g/mol. The molecule has 0 aromatic rings. The maximum Gasteiger partial charge on any atom is 0.00134 e. The number of hydrogen-bond acceptors (Lipinski definition) is 1. The van der Waals surface area contributed by atoms with Gasteiger partial charge >= 0.3 is 0 Å². The fourth-order valence-electron chi connectivity index (χ4n) is 2.90. The summed E-state index contributed by atoms with van der Waals surface area (Å²) in [7, 11) is 0. The highest BCUT2D eigenvalue weighted by molar-refractivity contribution is 5.02. The third-order valence-electron chi connectivity index (χ3n) is 3.89. The molecule has 2 aliphatic rings. The van der Waals surface area contributed by atoms with Crippen molar-refractivity contribution in [1.29, 1.82) is 0 Å². The first kappa shape index (κ1) is 10.0. The summed E-state index contributed by atoms with van der Waals surface area (Å²) in [5.41, 5.74) is 0.722. The van der Waals surface area contributed by atoms with Crippen molar-refractivity contribution in [2.75, 3.05) is 13.1 Å². The summed E-state index contributed by atoms with van der Waals surface area (Å²) in [4.78, 5) is 0. The van der Waals surface area contributed by atoms with Crippen LogP contribution in [-0.4, -0.2) is 13.1 Å². The van der Waals surface area contributed by atoms with Crippen LogP contribution >= 0.6 is 0 Å². The molecule has 1 heteroatoms. The average Bonchev–Trinajstić information content (AvgIpc) is 2.59. The van der Waals surface area contributed by atoms with Crippen molar-refractivity contribution in [2.24, 2.45) is 17.3 Å². The van der Waals surface area contributed by atoms with E-state index >= 15 is 0 Å². The van der Waals surface area contributed by atoms with E-state index in [0.717, 1.165) is 17.3 Å². The van der Waals surface area contributed by atoms with E-state index in [0.29, 0.717) is 0 Å². The molecule has 0 bridgehead atoms. The van der Waals surface area contributed by atoms with Crippen molar-refractivity contribution in [3.05, 3.63) is 0 Å². The fraction of sp³-hybridized carbons (Fsp3) is 1.00. The lowest BCUT2D eigenvalue weighted by molar-refractivity contribution is -0.0121. The lowest BCUT2D eigenvalue weighted by Gasteiger charge is -2.51. The molecule has 1 saturated heterocycles. The van der Waals surface area contributed by atoms with Gasteiger partial charge in [-0.25, -0.2) is 0 Å². The molecule has 1 aliphatic carbocycles. The summed E-state index contributed by atoms with van der Waals surface area (Å²) in [6, 6.07) is 0. The standard InChI is InChI=1S/C9H17N.C2H6.H2/c1-7-5-8(2)9(7)3-4-10-6-9;1-2;/h7-8,10H,3-6H2,1-2H3;1-2H3;1H. The molecule has 2 atom stereocenters. The Labute approximate surface area is 78.4 Å². The van der Waals surface area contributed by atoms with E-state index in [2.05, 4.69) is 19.2 Å². The fourth-order valence-corrected chi connectivity index (χ4v) is 2.90. The van der Waals surface area contributed by atoms with Gasteiger partial charge in [0, 0.05) is 7.97 Å². The molecule has 2 fully saturated rings. The van der Waals surface area contributed by atoms with Crippen molar-refractivity contribution >= 4 is 0 Å². The molecular formula is C11H25N. The SMILES string of the molecule is CC.CC1CC(C)C12CCNC2.[HH]. The summed E-state index contributed by atoms with van der Waals surface area (Å²) in [5.74, 6) is 1.97. The largest absolute Gasteiger partial charge is 0.316 e. The van der Waals surface area contributed by atoms with E-state index in [-0.39, 0.29) is 1.43 Å². The van der Waals surface area contributed by atoms with Crippen LogP contribution in [0.15, 0.2) is 0 Å². The molecule has 2 unspecified atom stereocenters. The Hall–Kier alpha value is -0.0400. The minimum atomic E-state index is 0. The molecule has 74 valence electrons. The molecular weight excluding hydrogens is 146 g/mol. The molecule has 0 aromatic heterocycles. The predicted molar refractivity (Wildman–Crippen MR) is 56.3 cm³/mol. The van der Waals surface area contributed by atoms with Crippen LogP contribution in [0.3, 0.4) is 0 Å². The van der Waals surface area contributed by atoms with Crippen molar-refractivity contribution < 1.29 is 1.43 Å². The van der Waals surface area contributed by atoms with Gasteiger partial charge in [0.15, 0.2) is 0 Å². The first-order valence-corrected chi connectivity index (χ1v) is 5.46. The first-order valence-electron chi connectivity index (χ1n) is 5.46. The van der Waals surface area contributed by atoms with Gasteiger partial charge in [0.1, 0.15) is 0 Å². The maximum atomic E-state index is 3.48. The van der Waals surface area contributed by atoms with Crippen molar-refractivity contribution in [3.63, 3.8) is 0 Å². The van der Waals surface area contributed by atoms with Crippen LogP contribution in [0.4, 0.5) is 0 Å². The third-order valence-corrected chi connectivity index (χ3v) is 3.89. The van der Waals surface area contributed by atoms with Crippen LogP contribution in [0.5, 0.6) is 0 Å². The van der Waals surface area contributed by atoms with Crippen LogP contribution in [0.1, 0.15) is 42.0 Å². The van der Waals surface area contributed by atoms with Crippen molar-refractivity contribution in [2.45, 2.75) is 40.5 Å². The molecule has 2 rings (SSSR count). The van der Waals surface area contributed by atoms with Crippen molar-refractivity contribution in [1.82, 2.24) is 5.32 Å². The minimum Gasteiger partial charge on any atom is -0.316 e. The lowest BCUT2D eigenvalue weighted by Crippen LogP contribution is -2.47. The average molecular weight is 171 g/mol. The van der Waals surface area contributed by atoms with Gasteiger partial charge in [-0.15, -0.1) is 0 Å². The van der Waals surface area contributed by atoms with E-state index in [1.54, 1.807) is 0 Å². The van der Waals surface area contributed by atoms with Gasteiger partial charge in [-0.2, -0.15) is 0 Å². The van der Waals surface area contributed by atoms with E-state index in [9.17, 15) is 0 Å². The second-order valence-corrected chi connectivity index (χ2v) is 4.20. The highest BCUT2D eigenvalue weighted by Gasteiger charge is 2.51. The van der Waals surface area contributed by atoms with Gasteiger partial charge in [-0.05, 0) is 36.6 Å². The van der Waals surface area contributed by atoms with Gasteiger partial charge < -0.3 is 5.32 Å². The lowest BCUT2D eigenvalue weighted by atomic mass is 9.54. The second-order valence-electron chi connectivity index (χ2n) is 4.20. The molecule has 1 heterocycles. The van der Waals surface area contributed by atoms with Crippen LogP contribution in [0.25, 0.3) is 0 Å². The quantitative estimate of drug-likeness (QED) is 0.591. The second kappa shape index (κ2) is 3.78. The van der Waals surface area contributed by atoms with E-state index < -0.39 is 0 Å². The number of hydrogen-bond donors (Lipinski definition) is 1. The van der Waals surface area contributed by atoms with E-state index in [1.807, 2.05) is 13.8 Å². The van der Waals surface area contributed by atoms with E-state index in [4.69, 9.17) is 0 Å². The summed E-state index contributed by atoms with van der Waals surface area (Å²) in [6.45, 7) is 11.4. The topological polar surface area (TPSA) is 12.0 Å². The molecule has 1 saturated carbocycles. The van der Waals surface area contributed by atoms with Crippen LogP contribution in [-0.2, 0) is 0 Å². The predicted octanol–water partition coefficient (Wildman–Crippen LogP) is 2.91. The first-order chi connectivity index (χ1) is 5.76. The van der Waals surface area contributed by atoms with Gasteiger partial charge in [0.2, 0.25) is 0 Å². The zero-order valence-electron chi connectivity index (χ0n) is 8.98. The number of rotatable bonds is 0. The highest BCUT2D eigenvalue weighted by Crippen LogP contribution is 2.54. The Morgan fingerprint density at radius 2 is 1.83 bits per heavy atom. The Morgan fingerprint density at radius 1 is 1.25 bits per heavy atom. The molecule has 0 amide bonds. The third kappa shape index (κ3) is 1.28. The molecule has 1 N–H and O–H groups in total. The Morgan fingerprint density at radius 3 is 2.08 bits per heavy atom. The summed E-state index contributed by atoms with van der Waals surface area (Å²) < 4.78 is 0. The van der Waals surface area contributed by atoms with Crippen LogP contribution < -0.4 is 5.32 Å². The number of nitrogens with one attached hydrogen (secondary N) is 1. The van der Waals surface area contributed by atoms with Gasteiger partial charge in [0.05, 0.1) is 0 Å². The van der Waals surface area contributed by atoms with Crippen LogP contribution in [0, 0.1) is 17.3 Å². The Kier molecular flexibility index (Phi) is 3.16. The Balaban J connectivity index is 0.000000451. The Bertz CT molecular complexity index is 131. The molecule has 1 spiro atoms. The molecule has 1 nitrogen and oxygen atoms in total. The zero-order chi connectivity index (χ0) is 9.19. The maximum absolute atomic E-state index is 3.48.